The molecule has 10 heteroatoms. The number of sulfonamides is 1. The molecule has 1 fully saturated rings. The van der Waals surface area contributed by atoms with Crippen LogP contribution in [0.15, 0.2) is 77.7 Å². The van der Waals surface area contributed by atoms with Gasteiger partial charge in [0.15, 0.2) is 0 Å². The number of hydrogen-bond donors (Lipinski definition) is 5. The summed E-state index contributed by atoms with van der Waals surface area (Å²) in [6, 6.07) is 17.4. The lowest BCUT2D eigenvalue weighted by Crippen LogP contribution is -2.42. The number of phenols is 2. The lowest BCUT2D eigenvalue weighted by atomic mass is 9.81. The second-order valence-corrected chi connectivity index (χ2v) is 11.2. The van der Waals surface area contributed by atoms with Gasteiger partial charge in [-0.25, -0.2) is 17.9 Å². The highest BCUT2D eigenvalue weighted by molar-refractivity contribution is 7.89. The molecule has 0 saturated heterocycles. The van der Waals surface area contributed by atoms with Crippen molar-refractivity contribution in [1.82, 2.24) is 10.0 Å². The van der Waals surface area contributed by atoms with E-state index in [9.17, 15) is 33.3 Å². The SMILES string of the molecule is O=C(N[C@@H](Cc1ccccc1)C(=O)O)c1cccc(S(=O)(=O)N[C@H]2CC[C@@H](c3ccc(O)cc3O)CC2)c1. The molecule has 38 heavy (non-hydrogen) atoms. The monoisotopic (exact) mass is 538 g/mol. The normalized spacial score (nSPS) is 18.4. The van der Waals surface area contributed by atoms with Gasteiger partial charge in [0.1, 0.15) is 17.5 Å². The Balaban J connectivity index is 1.39. The minimum absolute atomic E-state index is 0.0155. The molecular weight excluding hydrogens is 508 g/mol. The highest BCUT2D eigenvalue weighted by Gasteiger charge is 2.28. The van der Waals surface area contributed by atoms with E-state index in [1.165, 1.54) is 36.4 Å². The number of hydrogen-bond acceptors (Lipinski definition) is 6. The molecule has 1 atom stereocenters. The topological polar surface area (TPSA) is 153 Å². The molecule has 1 amide bonds. The van der Waals surface area contributed by atoms with E-state index in [2.05, 4.69) is 10.0 Å². The van der Waals surface area contributed by atoms with Crippen LogP contribution in [0.1, 0.15) is 53.1 Å². The highest BCUT2D eigenvalue weighted by atomic mass is 32.2. The maximum atomic E-state index is 13.1. The summed E-state index contributed by atoms with van der Waals surface area (Å²) in [7, 11) is -3.93. The smallest absolute Gasteiger partial charge is 0.326 e. The predicted molar refractivity (Wildman–Crippen MR) is 141 cm³/mol. The number of aliphatic carboxylic acids is 1. The maximum Gasteiger partial charge on any atom is 0.326 e. The van der Waals surface area contributed by atoms with E-state index in [-0.39, 0.29) is 40.3 Å². The molecule has 0 radical (unpaired) electrons. The van der Waals surface area contributed by atoms with Crippen LogP contribution in [-0.2, 0) is 21.2 Å². The van der Waals surface area contributed by atoms with Crippen molar-refractivity contribution < 1.29 is 33.3 Å². The molecule has 0 aliphatic heterocycles. The van der Waals surface area contributed by atoms with Crippen LogP contribution in [0.5, 0.6) is 11.5 Å². The Bertz CT molecular complexity index is 1400. The van der Waals surface area contributed by atoms with E-state index in [1.54, 1.807) is 30.3 Å². The average Bonchev–Trinajstić information content (AvgIpc) is 2.89. The van der Waals surface area contributed by atoms with Crippen LogP contribution in [0.25, 0.3) is 0 Å². The first-order valence-electron chi connectivity index (χ1n) is 12.3. The van der Waals surface area contributed by atoms with E-state index in [1.807, 2.05) is 6.07 Å². The first-order valence-corrected chi connectivity index (χ1v) is 13.8. The number of amides is 1. The molecule has 0 bridgehead atoms. The zero-order valence-corrected chi connectivity index (χ0v) is 21.4. The summed E-state index contributed by atoms with van der Waals surface area (Å²) in [4.78, 5) is 24.4. The van der Waals surface area contributed by atoms with Gasteiger partial charge in [-0.15, -0.1) is 0 Å². The van der Waals surface area contributed by atoms with Crippen LogP contribution < -0.4 is 10.0 Å². The fourth-order valence-electron chi connectivity index (χ4n) is 4.78. The lowest BCUT2D eigenvalue weighted by molar-refractivity contribution is -0.139. The molecule has 3 aromatic rings. The van der Waals surface area contributed by atoms with E-state index in [0.717, 1.165) is 11.1 Å². The number of nitrogens with one attached hydrogen (secondary N) is 2. The zero-order valence-electron chi connectivity index (χ0n) is 20.6. The van der Waals surface area contributed by atoms with Gasteiger partial charge in [-0.3, -0.25) is 4.79 Å². The van der Waals surface area contributed by atoms with Crippen molar-refractivity contribution >= 4 is 21.9 Å². The Morgan fingerprint density at radius 1 is 0.895 bits per heavy atom. The fraction of sp³-hybridized carbons (Fsp3) is 0.286. The number of carbonyl (C=O) groups excluding carboxylic acids is 1. The maximum absolute atomic E-state index is 13.1. The van der Waals surface area contributed by atoms with Gasteiger partial charge < -0.3 is 20.6 Å². The quantitative estimate of drug-likeness (QED) is 0.279. The predicted octanol–water partition coefficient (Wildman–Crippen LogP) is 3.53. The molecule has 5 N–H and O–H groups in total. The summed E-state index contributed by atoms with van der Waals surface area (Å²) in [5, 5.41) is 31.7. The molecule has 200 valence electrons. The van der Waals surface area contributed by atoms with Crippen LogP contribution in [0.2, 0.25) is 0 Å². The molecule has 0 unspecified atom stereocenters. The van der Waals surface area contributed by atoms with Crippen molar-refractivity contribution in [3.8, 4) is 11.5 Å². The van der Waals surface area contributed by atoms with E-state index < -0.39 is 27.9 Å². The number of rotatable bonds is 9. The number of carboxylic acid groups (broad SMARTS) is 1. The highest BCUT2D eigenvalue weighted by Crippen LogP contribution is 2.38. The van der Waals surface area contributed by atoms with Crippen LogP contribution in [0.4, 0.5) is 0 Å². The van der Waals surface area contributed by atoms with E-state index in [0.29, 0.717) is 25.7 Å². The Kier molecular flexibility index (Phi) is 8.33. The van der Waals surface area contributed by atoms with Gasteiger partial charge >= 0.3 is 5.97 Å². The summed E-state index contributed by atoms with van der Waals surface area (Å²) in [6.07, 6.45) is 2.53. The summed E-state index contributed by atoms with van der Waals surface area (Å²) in [5.74, 6) is -1.80. The van der Waals surface area contributed by atoms with Crippen LogP contribution in [0, 0.1) is 0 Å². The van der Waals surface area contributed by atoms with Crippen molar-refractivity contribution in [3.05, 3.63) is 89.5 Å². The average molecular weight is 539 g/mol. The van der Waals surface area contributed by atoms with Gasteiger partial charge in [0.2, 0.25) is 10.0 Å². The molecule has 3 aromatic carbocycles. The summed E-state index contributed by atoms with van der Waals surface area (Å²) >= 11 is 0. The van der Waals surface area contributed by atoms with Gasteiger partial charge in [0, 0.05) is 24.1 Å². The molecular formula is C28H30N2O7S. The van der Waals surface area contributed by atoms with Crippen molar-refractivity contribution in [2.24, 2.45) is 0 Å². The summed E-state index contributed by atoms with van der Waals surface area (Å²) in [5.41, 5.74) is 1.52. The molecule has 1 saturated carbocycles. The molecule has 0 spiro atoms. The van der Waals surface area contributed by atoms with Gasteiger partial charge in [0.05, 0.1) is 4.90 Å². The first-order chi connectivity index (χ1) is 18.1. The third-order valence-electron chi connectivity index (χ3n) is 6.80. The second kappa shape index (κ2) is 11.7. The van der Waals surface area contributed by atoms with Gasteiger partial charge in [-0.05, 0) is 67.0 Å². The Morgan fingerprint density at radius 2 is 1.61 bits per heavy atom. The van der Waals surface area contributed by atoms with E-state index in [4.69, 9.17) is 0 Å². The van der Waals surface area contributed by atoms with Crippen molar-refractivity contribution in [3.63, 3.8) is 0 Å². The number of benzene rings is 3. The fourth-order valence-corrected chi connectivity index (χ4v) is 6.13. The molecule has 1 aliphatic rings. The summed E-state index contributed by atoms with van der Waals surface area (Å²) in [6.45, 7) is 0. The number of carbonyl (C=O) groups is 2. The third-order valence-corrected chi connectivity index (χ3v) is 8.31. The number of aromatic hydroxyl groups is 2. The van der Waals surface area contributed by atoms with Gasteiger partial charge in [0.25, 0.3) is 5.91 Å². The van der Waals surface area contributed by atoms with Gasteiger partial charge in [-0.1, -0.05) is 42.5 Å². The second-order valence-electron chi connectivity index (χ2n) is 9.49. The standard InChI is InChI=1S/C28H30N2O7S/c31-22-13-14-24(26(32)17-22)19-9-11-21(12-10-19)30-38(36,37)23-8-4-7-20(16-23)27(33)29-25(28(34)35)15-18-5-2-1-3-6-18/h1-8,13-14,16-17,19,21,25,30-32H,9-12,15H2,(H,29,33)(H,34,35)/t19-,21+,25-/m0/s1. The Morgan fingerprint density at radius 3 is 2.26 bits per heavy atom. The third kappa shape index (κ3) is 6.70. The zero-order chi connectivity index (χ0) is 27.3. The molecule has 0 aromatic heterocycles. The van der Waals surface area contributed by atoms with Crippen LogP contribution in [-0.4, -0.2) is 47.7 Å². The van der Waals surface area contributed by atoms with Crippen molar-refractivity contribution in [2.75, 3.05) is 0 Å². The van der Waals surface area contributed by atoms with E-state index >= 15 is 0 Å². The van der Waals surface area contributed by atoms with Crippen molar-refractivity contribution in [2.45, 2.75) is 55.0 Å². The Hall–Kier alpha value is -3.89. The minimum Gasteiger partial charge on any atom is -0.508 e. The van der Waals surface area contributed by atoms with Crippen molar-refractivity contribution in [1.29, 1.82) is 0 Å². The Labute approximate surface area is 221 Å². The van der Waals surface area contributed by atoms with Crippen LogP contribution in [0.3, 0.4) is 0 Å². The lowest BCUT2D eigenvalue weighted by Gasteiger charge is -2.29. The molecule has 1 aliphatic carbocycles. The minimum atomic E-state index is -3.93. The molecule has 4 rings (SSSR count). The molecule has 9 nitrogen and oxygen atoms in total. The number of phenolic OH excluding ortho intramolecular Hbond substituents is 2. The number of carboxylic acids is 1. The van der Waals surface area contributed by atoms with Gasteiger partial charge in [-0.2, -0.15) is 0 Å². The molecule has 0 heterocycles. The summed E-state index contributed by atoms with van der Waals surface area (Å²) < 4.78 is 28.9. The first kappa shape index (κ1) is 27.2. The van der Waals surface area contributed by atoms with Crippen LogP contribution >= 0.6 is 0 Å². The largest absolute Gasteiger partial charge is 0.508 e.